The minimum Gasteiger partial charge on any atom is -0.494 e. The van der Waals surface area contributed by atoms with Crippen LogP contribution >= 0.6 is 23.2 Å². The predicted molar refractivity (Wildman–Crippen MR) is 71.7 cm³/mol. The predicted octanol–water partition coefficient (Wildman–Crippen LogP) is 2.64. The van der Waals surface area contributed by atoms with Gasteiger partial charge >= 0.3 is 0 Å². The Labute approximate surface area is 120 Å². The topological polar surface area (TPSA) is 64.6 Å². The fourth-order valence-electron chi connectivity index (χ4n) is 1.35. The molecule has 0 heterocycles. The van der Waals surface area contributed by atoms with Crippen LogP contribution in [-0.4, -0.2) is 25.9 Å². The van der Waals surface area contributed by atoms with E-state index in [0.717, 1.165) is 6.29 Å². The van der Waals surface area contributed by atoms with Crippen molar-refractivity contribution in [3.63, 3.8) is 0 Å². The molecular formula is C12H13Cl2NO4. The quantitative estimate of drug-likeness (QED) is 0.478. The van der Waals surface area contributed by atoms with Gasteiger partial charge in [-0.3, -0.25) is 9.63 Å². The normalized spacial score (nSPS) is 10.1. The number of unbranched alkanes of at least 4 members (excludes halogenated alkanes) is 1. The maximum absolute atomic E-state index is 11.9. The van der Waals surface area contributed by atoms with Crippen LogP contribution in [0.25, 0.3) is 0 Å². The molecule has 7 heteroatoms. The molecule has 0 fully saturated rings. The molecule has 0 saturated carbocycles. The highest BCUT2D eigenvalue weighted by Crippen LogP contribution is 2.33. The Hall–Kier alpha value is -1.30. The average Bonchev–Trinajstić information content (AvgIpc) is 2.40. The molecule has 1 amide bonds. The lowest BCUT2D eigenvalue weighted by Crippen LogP contribution is -2.25. The first-order valence-corrected chi connectivity index (χ1v) is 6.25. The molecule has 0 aliphatic carbocycles. The lowest BCUT2D eigenvalue weighted by molar-refractivity contribution is -0.108. The van der Waals surface area contributed by atoms with Gasteiger partial charge in [0.05, 0.1) is 23.8 Å². The second-order valence-corrected chi connectivity index (χ2v) is 4.34. The van der Waals surface area contributed by atoms with Crippen molar-refractivity contribution in [2.75, 3.05) is 13.7 Å². The van der Waals surface area contributed by atoms with E-state index >= 15 is 0 Å². The molecule has 0 aliphatic rings. The first-order chi connectivity index (χ1) is 9.11. The van der Waals surface area contributed by atoms with Gasteiger partial charge in [0, 0.05) is 6.42 Å². The van der Waals surface area contributed by atoms with Crippen LogP contribution in [0.15, 0.2) is 12.1 Å². The molecule has 104 valence electrons. The van der Waals surface area contributed by atoms with Crippen LogP contribution in [0.4, 0.5) is 0 Å². The highest BCUT2D eigenvalue weighted by Gasteiger charge is 2.19. The number of nitrogens with one attached hydrogen (secondary N) is 1. The fraction of sp³-hybridized carbons (Fsp3) is 0.333. The number of carbonyl (C=O) groups is 2. The number of halogens is 2. The average molecular weight is 306 g/mol. The number of amides is 1. The maximum Gasteiger partial charge on any atom is 0.280 e. The molecule has 0 atom stereocenters. The van der Waals surface area contributed by atoms with Gasteiger partial charge in [0.1, 0.15) is 11.8 Å². The van der Waals surface area contributed by atoms with Gasteiger partial charge in [-0.15, -0.1) is 0 Å². The van der Waals surface area contributed by atoms with Crippen LogP contribution in [0, 0.1) is 0 Å². The number of carbonyl (C=O) groups excluding carboxylic acids is 2. The molecule has 0 aromatic heterocycles. The monoisotopic (exact) mass is 305 g/mol. The van der Waals surface area contributed by atoms with E-state index in [4.69, 9.17) is 32.8 Å². The van der Waals surface area contributed by atoms with Crippen molar-refractivity contribution in [3.8, 4) is 5.75 Å². The van der Waals surface area contributed by atoms with Crippen molar-refractivity contribution in [1.82, 2.24) is 5.48 Å². The smallest absolute Gasteiger partial charge is 0.280 e. The molecular weight excluding hydrogens is 293 g/mol. The summed E-state index contributed by atoms with van der Waals surface area (Å²) in [5, 5.41) is 0.480. The standard InChI is InChI=1S/C12H13Cl2NO4/c1-18-11-9(14)5-4-8(13)10(11)12(17)15-19-7-3-2-6-16/h4-6H,2-3,7H2,1H3,(H,15,17). The molecule has 5 nitrogen and oxygen atoms in total. The van der Waals surface area contributed by atoms with Crippen LogP contribution in [0.5, 0.6) is 5.75 Å². The second-order valence-electron chi connectivity index (χ2n) is 3.53. The number of hydrogen-bond acceptors (Lipinski definition) is 4. The number of benzene rings is 1. The summed E-state index contributed by atoms with van der Waals surface area (Å²) < 4.78 is 5.04. The Morgan fingerprint density at radius 1 is 1.37 bits per heavy atom. The second kappa shape index (κ2) is 7.99. The van der Waals surface area contributed by atoms with E-state index in [1.54, 1.807) is 0 Å². The van der Waals surface area contributed by atoms with Gasteiger partial charge in [-0.1, -0.05) is 23.2 Å². The number of aldehydes is 1. The van der Waals surface area contributed by atoms with Crippen molar-refractivity contribution in [2.24, 2.45) is 0 Å². The molecule has 0 bridgehead atoms. The van der Waals surface area contributed by atoms with Crippen molar-refractivity contribution in [2.45, 2.75) is 12.8 Å². The van der Waals surface area contributed by atoms with E-state index in [2.05, 4.69) is 5.48 Å². The number of hydroxylamine groups is 1. The number of ether oxygens (including phenoxy) is 1. The van der Waals surface area contributed by atoms with Gasteiger partial charge < -0.3 is 9.53 Å². The molecule has 0 spiro atoms. The molecule has 0 unspecified atom stereocenters. The van der Waals surface area contributed by atoms with Gasteiger partial charge in [0.25, 0.3) is 5.91 Å². The van der Waals surface area contributed by atoms with Crippen LogP contribution < -0.4 is 10.2 Å². The van der Waals surface area contributed by atoms with Crippen LogP contribution in [0.2, 0.25) is 10.0 Å². The Bertz CT molecular complexity index is 465. The minimum atomic E-state index is -0.560. The molecule has 1 N–H and O–H groups in total. The van der Waals surface area contributed by atoms with E-state index in [-0.39, 0.29) is 28.0 Å². The summed E-state index contributed by atoms with van der Waals surface area (Å²) in [5.41, 5.74) is 2.33. The van der Waals surface area contributed by atoms with E-state index in [1.807, 2.05) is 0 Å². The van der Waals surface area contributed by atoms with Gasteiger partial charge in [-0.25, -0.2) is 5.48 Å². The third-order valence-corrected chi connectivity index (χ3v) is 2.84. The van der Waals surface area contributed by atoms with Gasteiger partial charge in [-0.05, 0) is 18.6 Å². The third kappa shape index (κ3) is 4.38. The van der Waals surface area contributed by atoms with Crippen molar-refractivity contribution >= 4 is 35.4 Å². The molecule has 0 saturated heterocycles. The minimum absolute atomic E-state index is 0.104. The summed E-state index contributed by atoms with van der Waals surface area (Å²) in [6, 6.07) is 3.03. The Morgan fingerprint density at radius 2 is 2.05 bits per heavy atom. The summed E-state index contributed by atoms with van der Waals surface area (Å²) in [6.45, 7) is 0.227. The van der Waals surface area contributed by atoms with Crippen LogP contribution in [-0.2, 0) is 9.63 Å². The number of rotatable bonds is 7. The largest absolute Gasteiger partial charge is 0.494 e. The zero-order valence-corrected chi connectivity index (χ0v) is 11.8. The van der Waals surface area contributed by atoms with Gasteiger partial charge in [0.15, 0.2) is 5.75 Å². The fourth-order valence-corrected chi connectivity index (χ4v) is 1.82. The molecule has 0 radical (unpaired) electrons. The zero-order valence-electron chi connectivity index (χ0n) is 10.2. The number of methoxy groups -OCH3 is 1. The Balaban J connectivity index is 2.71. The molecule has 1 rings (SSSR count). The molecule has 1 aromatic carbocycles. The van der Waals surface area contributed by atoms with Crippen LogP contribution in [0.1, 0.15) is 23.2 Å². The van der Waals surface area contributed by atoms with Crippen molar-refractivity contribution < 1.29 is 19.2 Å². The molecule has 0 aliphatic heterocycles. The highest BCUT2D eigenvalue weighted by atomic mass is 35.5. The van der Waals surface area contributed by atoms with E-state index < -0.39 is 5.91 Å². The zero-order chi connectivity index (χ0) is 14.3. The highest BCUT2D eigenvalue weighted by molar-refractivity contribution is 6.37. The number of hydrogen-bond donors (Lipinski definition) is 1. The summed E-state index contributed by atoms with van der Waals surface area (Å²) >= 11 is 11.8. The van der Waals surface area contributed by atoms with Crippen molar-refractivity contribution in [3.05, 3.63) is 27.7 Å². The Morgan fingerprint density at radius 3 is 2.68 bits per heavy atom. The maximum atomic E-state index is 11.9. The summed E-state index contributed by atoms with van der Waals surface area (Å²) in [4.78, 5) is 26.9. The first-order valence-electron chi connectivity index (χ1n) is 5.49. The van der Waals surface area contributed by atoms with E-state index in [9.17, 15) is 9.59 Å². The van der Waals surface area contributed by atoms with Gasteiger partial charge in [0.2, 0.25) is 0 Å². The summed E-state index contributed by atoms with van der Waals surface area (Å²) in [6.07, 6.45) is 1.67. The molecule has 19 heavy (non-hydrogen) atoms. The Kier molecular flexibility index (Phi) is 6.62. The SMILES string of the molecule is COc1c(Cl)ccc(Cl)c1C(=O)NOCCCC=O. The lowest BCUT2D eigenvalue weighted by atomic mass is 10.2. The van der Waals surface area contributed by atoms with Crippen molar-refractivity contribution in [1.29, 1.82) is 0 Å². The summed E-state index contributed by atoms with van der Waals surface area (Å²) in [5.74, 6) is -0.376. The third-order valence-electron chi connectivity index (χ3n) is 2.22. The lowest BCUT2D eigenvalue weighted by Gasteiger charge is -2.12. The summed E-state index contributed by atoms with van der Waals surface area (Å²) in [7, 11) is 1.39. The van der Waals surface area contributed by atoms with Gasteiger partial charge in [-0.2, -0.15) is 0 Å². The van der Waals surface area contributed by atoms with E-state index in [1.165, 1.54) is 19.2 Å². The van der Waals surface area contributed by atoms with Crippen LogP contribution in [0.3, 0.4) is 0 Å². The molecule has 1 aromatic rings. The van der Waals surface area contributed by atoms with E-state index in [0.29, 0.717) is 12.8 Å². The first kappa shape index (κ1) is 15.8.